The van der Waals surface area contributed by atoms with E-state index in [1.165, 1.54) is 32.1 Å². The second-order valence-corrected chi connectivity index (χ2v) is 4.78. The number of nitrogens with one attached hydrogen (secondary N) is 1. The molecule has 5 heteroatoms. The van der Waals surface area contributed by atoms with Crippen LogP contribution in [0.25, 0.3) is 0 Å². The van der Waals surface area contributed by atoms with Crippen molar-refractivity contribution in [3.63, 3.8) is 0 Å². The van der Waals surface area contributed by atoms with Gasteiger partial charge >= 0.3 is 0 Å². The van der Waals surface area contributed by atoms with Gasteiger partial charge in [-0.2, -0.15) is 0 Å². The van der Waals surface area contributed by atoms with Gasteiger partial charge in [0.25, 0.3) is 0 Å². The maximum Gasteiger partial charge on any atom is 0.109 e. The summed E-state index contributed by atoms with van der Waals surface area (Å²) in [6, 6.07) is 0. The molecule has 0 aliphatic heterocycles. The second kappa shape index (κ2) is 11.9. The quantitative estimate of drug-likeness (QED) is 0.320. The molecule has 0 bridgehead atoms. The minimum absolute atomic E-state index is 0.229. The van der Waals surface area contributed by atoms with E-state index in [4.69, 9.17) is 10.2 Å². The minimum atomic E-state index is -1.30. The first-order valence-electron chi connectivity index (χ1n) is 6.99. The van der Waals surface area contributed by atoms with Gasteiger partial charge in [-0.25, -0.2) is 0 Å². The van der Waals surface area contributed by atoms with Crippen LogP contribution in [0.1, 0.15) is 45.4 Å². The van der Waals surface area contributed by atoms with Crippen LogP contribution in [0.4, 0.5) is 0 Å². The molecule has 18 heavy (non-hydrogen) atoms. The highest BCUT2D eigenvalue weighted by atomic mass is 16.4. The number of aliphatic hydroxyl groups is 4. The average molecular weight is 263 g/mol. The van der Waals surface area contributed by atoms with E-state index in [1.54, 1.807) is 0 Å². The first kappa shape index (κ1) is 17.8. The zero-order valence-corrected chi connectivity index (χ0v) is 11.4. The van der Waals surface area contributed by atoms with Crippen LogP contribution < -0.4 is 5.32 Å². The summed E-state index contributed by atoms with van der Waals surface area (Å²) in [6.45, 7) is 2.67. The van der Waals surface area contributed by atoms with Crippen LogP contribution in [0.3, 0.4) is 0 Å². The van der Waals surface area contributed by atoms with E-state index in [9.17, 15) is 10.2 Å². The van der Waals surface area contributed by atoms with E-state index in [0.29, 0.717) is 0 Å². The lowest BCUT2D eigenvalue weighted by atomic mass is 10.1. The molecule has 5 nitrogen and oxygen atoms in total. The molecule has 0 aliphatic carbocycles. The molecule has 0 spiro atoms. The summed E-state index contributed by atoms with van der Waals surface area (Å²) < 4.78 is 0. The van der Waals surface area contributed by atoms with Crippen LogP contribution in [-0.2, 0) is 0 Å². The lowest BCUT2D eigenvalue weighted by molar-refractivity contribution is -0.0749. The maximum atomic E-state index is 9.51. The molecule has 0 aromatic heterocycles. The molecule has 0 unspecified atom stereocenters. The van der Waals surface area contributed by atoms with Crippen molar-refractivity contribution in [3.05, 3.63) is 0 Å². The Bertz CT molecular complexity index is 180. The summed E-state index contributed by atoms with van der Waals surface area (Å²) in [5.74, 6) is 0. The Morgan fingerprint density at radius 2 is 1.50 bits per heavy atom. The fourth-order valence-electron chi connectivity index (χ4n) is 1.77. The molecule has 0 heterocycles. The smallest absolute Gasteiger partial charge is 0.109 e. The lowest BCUT2D eigenvalue weighted by Gasteiger charge is -2.21. The molecule has 0 aromatic rings. The Balaban J connectivity index is 3.37. The van der Waals surface area contributed by atoms with E-state index in [2.05, 4.69) is 12.2 Å². The van der Waals surface area contributed by atoms with Crippen LogP contribution in [-0.4, -0.2) is 58.4 Å². The predicted octanol–water partition coefficient (Wildman–Crippen LogP) is 0.0115. The van der Waals surface area contributed by atoms with Crippen molar-refractivity contribution in [2.24, 2.45) is 0 Å². The van der Waals surface area contributed by atoms with Gasteiger partial charge in [0.2, 0.25) is 0 Å². The number of aliphatic hydroxyl groups excluding tert-OH is 4. The maximum absolute atomic E-state index is 9.51. The summed E-state index contributed by atoms with van der Waals surface area (Å²) >= 11 is 0. The summed E-state index contributed by atoms with van der Waals surface area (Å²) in [5.41, 5.74) is 0. The third-order valence-electron chi connectivity index (χ3n) is 3.04. The number of unbranched alkanes of at least 4 members (excludes halogenated alkanes) is 5. The Kier molecular flexibility index (Phi) is 11.7. The van der Waals surface area contributed by atoms with Crippen LogP contribution >= 0.6 is 0 Å². The number of hydrogen-bond acceptors (Lipinski definition) is 5. The highest BCUT2D eigenvalue weighted by molar-refractivity contribution is 4.76. The summed E-state index contributed by atoms with van der Waals surface area (Å²) in [5, 5.41) is 39.7. The Morgan fingerprint density at radius 1 is 0.889 bits per heavy atom. The first-order chi connectivity index (χ1) is 8.63. The molecule has 0 amide bonds. The fourth-order valence-corrected chi connectivity index (χ4v) is 1.77. The zero-order chi connectivity index (χ0) is 13.8. The molecule has 0 aliphatic rings. The van der Waals surface area contributed by atoms with Crippen LogP contribution in [0.15, 0.2) is 0 Å². The number of hydrogen-bond donors (Lipinski definition) is 5. The van der Waals surface area contributed by atoms with E-state index in [0.717, 1.165) is 13.0 Å². The van der Waals surface area contributed by atoms with Crippen molar-refractivity contribution in [3.8, 4) is 0 Å². The molecule has 110 valence electrons. The average Bonchev–Trinajstić information content (AvgIpc) is 2.39. The van der Waals surface area contributed by atoms with Crippen molar-refractivity contribution >= 4 is 0 Å². The van der Waals surface area contributed by atoms with E-state index >= 15 is 0 Å². The third kappa shape index (κ3) is 8.83. The standard InChI is InChI=1S/C13H29NO4/c1-2-3-4-5-6-7-8-14-9-11(16)13(18)12(17)10-15/h11-18H,2-10H2,1H3/t11-,12+,13-/m0/s1. The van der Waals surface area contributed by atoms with E-state index < -0.39 is 24.9 Å². The van der Waals surface area contributed by atoms with Gasteiger partial charge in [-0.1, -0.05) is 39.0 Å². The lowest BCUT2D eigenvalue weighted by Crippen LogP contribution is -2.44. The van der Waals surface area contributed by atoms with Gasteiger partial charge in [0.1, 0.15) is 12.2 Å². The van der Waals surface area contributed by atoms with Crippen molar-refractivity contribution in [2.45, 2.75) is 63.8 Å². The van der Waals surface area contributed by atoms with Crippen LogP contribution in [0.2, 0.25) is 0 Å². The van der Waals surface area contributed by atoms with E-state index in [-0.39, 0.29) is 6.54 Å². The normalized spacial score (nSPS) is 16.5. The molecule has 0 saturated carbocycles. The third-order valence-corrected chi connectivity index (χ3v) is 3.04. The topological polar surface area (TPSA) is 93.0 Å². The molecule has 3 atom stereocenters. The second-order valence-electron chi connectivity index (χ2n) is 4.78. The fraction of sp³-hybridized carbons (Fsp3) is 1.00. The van der Waals surface area contributed by atoms with Gasteiger partial charge in [0, 0.05) is 6.54 Å². The highest BCUT2D eigenvalue weighted by Crippen LogP contribution is 2.04. The molecule has 5 N–H and O–H groups in total. The Morgan fingerprint density at radius 3 is 2.11 bits per heavy atom. The van der Waals surface area contributed by atoms with Gasteiger partial charge < -0.3 is 25.7 Å². The summed E-state index contributed by atoms with van der Waals surface area (Å²) in [6.07, 6.45) is 3.65. The van der Waals surface area contributed by atoms with Crippen molar-refractivity contribution in [1.29, 1.82) is 0 Å². The summed E-state index contributed by atoms with van der Waals surface area (Å²) in [4.78, 5) is 0. The predicted molar refractivity (Wildman–Crippen MR) is 71.4 cm³/mol. The van der Waals surface area contributed by atoms with Crippen molar-refractivity contribution in [1.82, 2.24) is 5.32 Å². The van der Waals surface area contributed by atoms with Gasteiger partial charge in [0.05, 0.1) is 12.7 Å². The zero-order valence-electron chi connectivity index (χ0n) is 11.4. The molecule has 0 radical (unpaired) electrons. The van der Waals surface area contributed by atoms with Gasteiger partial charge in [-0.05, 0) is 13.0 Å². The SMILES string of the molecule is CCCCCCCCNC[C@H](O)[C@H](O)[C@H](O)CO. The molecule has 0 saturated heterocycles. The molecular weight excluding hydrogens is 234 g/mol. The summed E-state index contributed by atoms with van der Waals surface area (Å²) in [7, 11) is 0. The van der Waals surface area contributed by atoms with Gasteiger partial charge in [-0.3, -0.25) is 0 Å². The van der Waals surface area contributed by atoms with Crippen LogP contribution in [0.5, 0.6) is 0 Å². The van der Waals surface area contributed by atoms with Gasteiger partial charge in [-0.15, -0.1) is 0 Å². The molecule has 0 fully saturated rings. The van der Waals surface area contributed by atoms with Crippen molar-refractivity contribution < 1.29 is 20.4 Å². The van der Waals surface area contributed by atoms with E-state index in [1.807, 2.05) is 0 Å². The monoisotopic (exact) mass is 263 g/mol. The van der Waals surface area contributed by atoms with Crippen LogP contribution in [0, 0.1) is 0 Å². The molecule has 0 rings (SSSR count). The first-order valence-corrected chi connectivity index (χ1v) is 6.99. The van der Waals surface area contributed by atoms with Gasteiger partial charge in [0.15, 0.2) is 0 Å². The number of rotatable bonds is 12. The Labute approximate surface area is 110 Å². The van der Waals surface area contributed by atoms with Crippen molar-refractivity contribution in [2.75, 3.05) is 19.7 Å². The minimum Gasteiger partial charge on any atom is -0.394 e. The largest absolute Gasteiger partial charge is 0.394 e. The Hall–Kier alpha value is -0.200. The highest BCUT2D eigenvalue weighted by Gasteiger charge is 2.23. The molecular formula is C13H29NO4. The molecule has 0 aromatic carbocycles.